The van der Waals surface area contributed by atoms with Crippen LogP contribution in [0.3, 0.4) is 0 Å². The first-order chi connectivity index (χ1) is 7.06. The van der Waals surface area contributed by atoms with Crippen molar-refractivity contribution in [3.63, 3.8) is 0 Å². The molecular weight excluding hydrogens is 300 g/mol. The molecule has 3 nitrogen and oxygen atoms in total. The number of carbonyl (C=O) groups excluding carboxylic acids is 1. The van der Waals surface area contributed by atoms with Crippen molar-refractivity contribution in [2.45, 2.75) is 37.1 Å². The summed E-state index contributed by atoms with van der Waals surface area (Å²) in [6.45, 7) is 2.21. The van der Waals surface area contributed by atoms with Gasteiger partial charge in [0.25, 0.3) is 0 Å². The Labute approximate surface area is 98.2 Å². The number of carbonyl (C=O) groups is 1. The summed E-state index contributed by atoms with van der Waals surface area (Å²) in [5.41, 5.74) is 0. The topological polar surface area (TPSA) is 35.5 Å². The molecule has 0 bridgehead atoms. The Morgan fingerprint density at radius 3 is 2.19 bits per heavy atom. The lowest BCUT2D eigenvalue weighted by Gasteiger charge is -2.21. The minimum absolute atomic E-state index is 0.467. The molecule has 0 fully saturated rings. The zero-order chi connectivity index (χ0) is 13.0. The smallest absolute Gasteiger partial charge is 0.434 e. The second kappa shape index (κ2) is 5.70. The zero-order valence-corrected chi connectivity index (χ0v) is 10.2. The Bertz CT molecular complexity index is 240. The van der Waals surface area contributed by atoms with E-state index in [-0.39, 0.29) is 0 Å². The summed E-state index contributed by atoms with van der Waals surface area (Å²) in [6.07, 6.45) is -2.92. The number of ether oxygens (including phenoxy) is 2. The van der Waals surface area contributed by atoms with Gasteiger partial charge < -0.3 is 9.47 Å². The van der Waals surface area contributed by atoms with E-state index in [0.29, 0.717) is 0 Å². The first kappa shape index (κ1) is 15.5. The SMILES string of the molecule is CC(C)OC(=O)OCCC(F)(F)C(F)(F)Br. The van der Waals surface area contributed by atoms with Crippen molar-refractivity contribution < 1.29 is 31.8 Å². The minimum Gasteiger partial charge on any atom is -0.434 e. The molecule has 0 saturated carbocycles. The fourth-order valence-electron chi connectivity index (χ4n) is 0.631. The summed E-state index contributed by atoms with van der Waals surface area (Å²) in [6, 6.07) is 0. The maximum absolute atomic E-state index is 12.6. The van der Waals surface area contributed by atoms with Crippen LogP contribution in [0.4, 0.5) is 22.4 Å². The second-order valence-corrected chi connectivity index (χ2v) is 4.21. The standard InChI is InChI=1S/C8H11BrF4O3/c1-5(2)16-6(14)15-4-3-7(10,11)8(9,12)13/h5H,3-4H2,1-2H3. The van der Waals surface area contributed by atoms with Gasteiger partial charge in [-0.2, -0.15) is 17.6 Å². The summed E-state index contributed by atoms with van der Waals surface area (Å²) in [4.78, 5) is 6.37. The Kier molecular flexibility index (Phi) is 5.51. The first-order valence-electron chi connectivity index (χ1n) is 4.34. The molecule has 0 aromatic heterocycles. The van der Waals surface area contributed by atoms with Crippen molar-refractivity contribution in [2.75, 3.05) is 6.61 Å². The molecule has 0 aliphatic heterocycles. The summed E-state index contributed by atoms with van der Waals surface area (Å²) >= 11 is 1.55. The number of hydrogen-bond acceptors (Lipinski definition) is 3. The van der Waals surface area contributed by atoms with Crippen molar-refractivity contribution in [2.24, 2.45) is 0 Å². The third-order valence-electron chi connectivity index (χ3n) is 1.38. The normalized spacial score (nSPS) is 12.8. The number of halogens is 5. The highest BCUT2D eigenvalue weighted by Crippen LogP contribution is 2.41. The fourth-order valence-corrected chi connectivity index (χ4v) is 0.829. The van der Waals surface area contributed by atoms with Crippen LogP contribution in [-0.4, -0.2) is 29.6 Å². The second-order valence-electron chi connectivity index (χ2n) is 3.22. The quantitative estimate of drug-likeness (QED) is 0.442. The van der Waals surface area contributed by atoms with E-state index in [0.717, 1.165) is 0 Å². The van der Waals surface area contributed by atoms with Crippen molar-refractivity contribution in [1.82, 2.24) is 0 Å². The zero-order valence-electron chi connectivity index (χ0n) is 8.61. The van der Waals surface area contributed by atoms with E-state index in [9.17, 15) is 22.4 Å². The van der Waals surface area contributed by atoms with Gasteiger partial charge in [0.1, 0.15) is 6.61 Å². The third kappa shape index (κ3) is 5.53. The van der Waals surface area contributed by atoms with Crippen LogP contribution in [0.5, 0.6) is 0 Å². The Morgan fingerprint density at radius 1 is 1.31 bits per heavy atom. The monoisotopic (exact) mass is 310 g/mol. The van der Waals surface area contributed by atoms with Crippen LogP contribution >= 0.6 is 15.9 Å². The van der Waals surface area contributed by atoms with Gasteiger partial charge >= 0.3 is 16.9 Å². The molecule has 16 heavy (non-hydrogen) atoms. The highest BCUT2D eigenvalue weighted by molar-refractivity contribution is 9.10. The van der Waals surface area contributed by atoms with E-state index < -0.39 is 36.0 Å². The van der Waals surface area contributed by atoms with Gasteiger partial charge in [-0.3, -0.25) is 0 Å². The van der Waals surface area contributed by atoms with E-state index in [4.69, 9.17) is 0 Å². The van der Waals surface area contributed by atoms with Gasteiger partial charge in [-0.25, -0.2) is 4.79 Å². The predicted octanol–water partition coefficient (Wildman–Crippen LogP) is 3.56. The maximum Gasteiger partial charge on any atom is 0.508 e. The van der Waals surface area contributed by atoms with Crippen LogP contribution in [0.15, 0.2) is 0 Å². The summed E-state index contributed by atoms with van der Waals surface area (Å²) in [7, 11) is 0. The van der Waals surface area contributed by atoms with Crippen LogP contribution in [0.25, 0.3) is 0 Å². The average molecular weight is 311 g/mol. The average Bonchev–Trinajstić information content (AvgIpc) is 1.99. The molecule has 0 rings (SSSR count). The molecule has 8 heteroatoms. The molecule has 0 spiro atoms. The van der Waals surface area contributed by atoms with Crippen molar-refractivity contribution >= 4 is 22.1 Å². The van der Waals surface area contributed by atoms with E-state index >= 15 is 0 Å². The van der Waals surface area contributed by atoms with Gasteiger partial charge in [-0.15, -0.1) is 0 Å². The Morgan fingerprint density at radius 2 is 1.81 bits per heavy atom. The van der Waals surface area contributed by atoms with E-state index in [1.807, 2.05) is 0 Å². The molecule has 0 aromatic rings. The molecule has 0 amide bonds. The van der Waals surface area contributed by atoms with Crippen molar-refractivity contribution in [3.8, 4) is 0 Å². The van der Waals surface area contributed by atoms with Gasteiger partial charge in [0.2, 0.25) is 0 Å². The molecule has 0 heterocycles. The molecule has 96 valence electrons. The van der Waals surface area contributed by atoms with Gasteiger partial charge in [0.15, 0.2) is 0 Å². The molecule has 0 aromatic carbocycles. The van der Waals surface area contributed by atoms with Crippen LogP contribution in [0.2, 0.25) is 0 Å². The highest BCUT2D eigenvalue weighted by atomic mass is 79.9. The highest BCUT2D eigenvalue weighted by Gasteiger charge is 2.53. The largest absolute Gasteiger partial charge is 0.508 e. The lowest BCUT2D eigenvalue weighted by atomic mass is 10.2. The summed E-state index contributed by atoms with van der Waals surface area (Å²) < 4.78 is 58.3. The van der Waals surface area contributed by atoms with Crippen molar-refractivity contribution in [1.29, 1.82) is 0 Å². The fraction of sp³-hybridized carbons (Fsp3) is 0.875. The Balaban J connectivity index is 3.95. The van der Waals surface area contributed by atoms with Gasteiger partial charge in [-0.1, -0.05) is 0 Å². The van der Waals surface area contributed by atoms with E-state index in [2.05, 4.69) is 9.47 Å². The maximum atomic E-state index is 12.6. The van der Waals surface area contributed by atoms with E-state index in [1.165, 1.54) is 13.8 Å². The van der Waals surface area contributed by atoms with Crippen LogP contribution in [0, 0.1) is 0 Å². The van der Waals surface area contributed by atoms with Gasteiger partial charge in [-0.05, 0) is 29.8 Å². The van der Waals surface area contributed by atoms with E-state index in [1.54, 1.807) is 15.9 Å². The van der Waals surface area contributed by atoms with Crippen LogP contribution in [0.1, 0.15) is 20.3 Å². The molecule has 0 aliphatic carbocycles. The van der Waals surface area contributed by atoms with Gasteiger partial charge in [0.05, 0.1) is 12.5 Å². The summed E-state index contributed by atoms with van der Waals surface area (Å²) in [5, 5.41) is 0. The molecule has 0 N–H and O–H groups in total. The number of hydrogen-bond donors (Lipinski definition) is 0. The first-order valence-corrected chi connectivity index (χ1v) is 5.13. The molecule has 0 atom stereocenters. The van der Waals surface area contributed by atoms with Crippen LogP contribution < -0.4 is 0 Å². The lowest BCUT2D eigenvalue weighted by Crippen LogP contribution is -2.36. The predicted molar refractivity (Wildman–Crippen MR) is 51.0 cm³/mol. The van der Waals surface area contributed by atoms with Crippen molar-refractivity contribution in [3.05, 3.63) is 0 Å². The third-order valence-corrected chi connectivity index (χ3v) is 1.96. The Hall–Kier alpha value is -0.530. The molecular formula is C8H11BrF4O3. The number of rotatable bonds is 5. The summed E-state index contributed by atoms with van der Waals surface area (Å²) in [5.74, 6) is -4.29. The molecule has 0 aliphatic rings. The van der Waals surface area contributed by atoms with Gasteiger partial charge in [0, 0.05) is 0 Å². The number of alkyl halides is 5. The molecule has 0 unspecified atom stereocenters. The van der Waals surface area contributed by atoms with Crippen LogP contribution in [-0.2, 0) is 9.47 Å². The molecule has 0 radical (unpaired) electrons. The minimum atomic E-state index is -4.33. The lowest BCUT2D eigenvalue weighted by molar-refractivity contribution is -0.157. The molecule has 0 saturated heterocycles.